The summed E-state index contributed by atoms with van der Waals surface area (Å²) < 4.78 is 41.3. The molecule has 3 heterocycles. The van der Waals surface area contributed by atoms with Crippen molar-refractivity contribution in [3.63, 3.8) is 0 Å². The van der Waals surface area contributed by atoms with Gasteiger partial charge in [-0.25, -0.2) is 4.98 Å². The lowest BCUT2D eigenvalue weighted by Crippen LogP contribution is -2.13. The number of primary amides is 1. The van der Waals surface area contributed by atoms with Gasteiger partial charge < -0.3 is 16.8 Å². The first-order valence-corrected chi connectivity index (χ1v) is 10.4. The Labute approximate surface area is 181 Å². The van der Waals surface area contributed by atoms with Crippen LogP contribution in [-0.4, -0.2) is 16.8 Å². The van der Waals surface area contributed by atoms with Crippen LogP contribution >= 0.6 is 22.7 Å². The van der Waals surface area contributed by atoms with Crippen LogP contribution in [0.4, 0.5) is 24.5 Å². The van der Waals surface area contributed by atoms with E-state index in [1.807, 2.05) is 0 Å². The molecule has 4 aromatic rings. The highest BCUT2D eigenvalue weighted by molar-refractivity contribution is 7.21. The molecule has 31 heavy (non-hydrogen) atoms. The topological polar surface area (TPSA) is 111 Å². The second kappa shape index (κ2) is 7.67. The number of aromatic nitrogens is 1. The van der Waals surface area contributed by atoms with Crippen molar-refractivity contribution in [3.8, 4) is 10.6 Å². The van der Waals surface area contributed by atoms with E-state index in [1.165, 1.54) is 35.6 Å². The molecule has 0 saturated carbocycles. The molecule has 158 valence electrons. The quantitative estimate of drug-likeness (QED) is 0.397. The van der Waals surface area contributed by atoms with Gasteiger partial charge in [0.15, 0.2) is 0 Å². The number of pyridine rings is 1. The summed E-state index contributed by atoms with van der Waals surface area (Å²) in [5.41, 5.74) is 10.7. The summed E-state index contributed by atoms with van der Waals surface area (Å²) in [4.78, 5) is 28.7. The van der Waals surface area contributed by atoms with Gasteiger partial charge in [-0.15, -0.1) is 22.7 Å². The maximum absolute atomic E-state index is 13.8. The van der Waals surface area contributed by atoms with Gasteiger partial charge in [0.2, 0.25) is 5.91 Å². The molecule has 2 amide bonds. The van der Waals surface area contributed by atoms with E-state index in [-0.39, 0.29) is 32.0 Å². The molecule has 0 aliphatic rings. The summed E-state index contributed by atoms with van der Waals surface area (Å²) >= 11 is 2.04. The molecular formula is C20H13F3N4O2S2. The van der Waals surface area contributed by atoms with Gasteiger partial charge in [-0.2, -0.15) is 13.2 Å². The van der Waals surface area contributed by atoms with E-state index in [9.17, 15) is 22.8 Å². The number of nitrogens with two attached hydrogens (primary N) is 2. The fourth-order valence-corrected chi connectivity index (χ4v) is 4.67. The average Bonchev–Trinajstić information content (AvgIpc) is 3.35. The van der Waals surface area contributed by atoms with Crippen LogP contribution in [0.2, 0.25) is 0 Å². The average molecular weight is 462 g/mol. The zero-order valence-electron chi connectivity index (χ0n) is 15.5. The predicted molar refractivity (Wildman–Crippen MR) is 115 cm³/mol. The Kier molecular flexibility index (Phi) is 5.15. The fraction of sp³-hybridized carbons (Fsp3) is 0.0500. The van der Waals surface area contributed by atoms with Gasteiger partial charge in [0.1, 0.15) is 9.71 Å². The highest BCUT2D eigenvalue weighted by Crippen LogP contribution is 2.44. The molecule has 3 aromatic heterocycles. The number of amides is 2. The SMILES string of the molecule is NC(=O)c1ccc(NC(=O)c2sc3nc(-c4cccs4)cc(C(F)(F)F)c3c2N)cc1. The zero-order valence-corrected chi connectivity index (χ0v) is 17.1. The highest BCUT2D eigenvalue weighted by Gasteiger charge is 2.36. The number of hydrogen-bond donors (Lipinski definition) is 3. The molecule has 0 radical (unpaired) electrons. The number of carbonyl (C=O) groups is 2. The van der Waals surface area contributed by atoms with E-state index in [0.29, 0.717) is 10.6 Å². The monoisotopic (exact) mass is 462 g/mol. The van der Waals surface area contributed by atoms with Crippen LogP contribution in [0.3, 0.4) is 0 Å². The summed E-state index contributed by atoms with van der Waals surface area (Å²) in [5.74, 6) is -1.31. The number of hydrogen-bond acceptors (Lipinski definition) is 6. The Morgan fingerprint density at radius 1 is 1.10 bits per heavy atom. The van der Waals surface area contributed by atoms with E-state index in [4.69, 9.17) is 11.5 Å². The minimum absolute atomic E-state index is 0.0185. The zero-order chi connectivity index (χ0) is 22.3. The summed E-state index contributed by atoms with van der Waals surface area (Å²) in [7, 11) is 0. The third-order valence-corrected chi connectivity index (χ3v) is 6.40. The van der Waals surface area contributed by atoms with Crippen LogP contribution < -0.4 is 16.8 Å². The van der Waals surface area contributed by atoms with Crippen LogP contribution in [0, 0.1) is 0 Å². The van der Waals surface area contributed by atoms with Crippen LogP contribution in [0.1, 0.15) is 25.6 Å². The molecule has 0 aliphatic carbocycles. The van der Waals surface area contributed by atoms with Crippen LogP contribution in [0.5, 0.6) is 0 Å². The number of anilines is 2. The summed E-state index contributed by atoms with van der Waals surface area (Å²) in [5, 5.41) is 4.00. The Hall–Kier alpha value is -3.44. The minimum Gasteiger partial charge on any atom is -0.397 e. The molecule has 11 heteroatoms. The van der Waals surface area contributed by atoms with Crippen LogP contribution in [-0.2, 0) is 6.18 Å². The van der Waals surface area contributed by atoms with Crippen molar-refractivity contribution in [1.82, 2.24) is 4.98 Å². The number of nitrogens with one attached hydrogen (secondary N) is 1. The van der Waals surface area contributed by atoms with E-state index in [0.717, 1.165) is 17.4 Å². The summed E-state index contributed by atoms with van der Waals surface area (Å²) in [6.45, 7) is 0. The van der Waals surface area contributed by atoms with Gasteiger partial charge >= 0.3 is 6.18 Å². The number of benzene rings is 1. The Morgan fingerprint density at radius 3 is 2.39 bits per heavy atom. The summed E-state index contributed by atoms with van der Waals surface area (Å²) in [6.07, 6.45) is -4.68. The predicted octanol–water partition coefficient (Wildman–Crippen LogP) is 4.98. The number of nitrogen functional groups attached to an aromatic ring is 1. The lowest BCUT2D eigenvalue weighted by Gasteiger charge is -2.10. The highest BCUT2D eigenvalue weighted by atomic mass is 32.1. The molecule has 0 aliphatic heterocycles. The first-order chi connectivity index (χ1) is 14.6. The Bertz CT molecular complexity index is 1300. The maximum atomic E-state index is 13.8. The number of thiophene rings is 2. The smallest absolute Gasteiger partial charge is 0.397 e. The first kappa shape index (κ1) is 20.8. The van der Waals surface area contributed by atoms with Crippen molar-refractivity contribution in [3.05, 3.63) is 63.8 Å². The first-order valence-electron chi connectivity index (χ1n) is 8.70. The molecular weight excluding hydrogens is 449 g/mol. The van der Waals surface area contributed by atoms with E-state index in [1.54, 1.807) is 17.5 Å². The van der Waals surface area contributed by atoms with Crippen LogP contribution in [0.15, 0.2) is 47.8 Å². The van der Waals surface area contributed by atoms with Crippen molar-refractivity contribution in [1.29, 1.82) is 0 Å². The molecule has 6 nitrogen and oxygen atoms in total. The van der Waals surface area contributed by atoms with Crippen molar-refractivity contribution >= 4 is 56.1 Å². The molecule has 4 rings (SSSR count). The number of fused-ring (bicyclic) bond motifs is 1. The van der Waals surface area contributed by atoms with Crippen molar-refractivity contribution in [2.75, 3.05) is 11.1 Å². The number of nitrogens with zero attached hydrogens (tertiary/aromatic N) is 1. The molecule has 0 bridgehead atoms. The van der Waals surface area contributed by atoms with Gasteiger partial charge in [-0.3, -0.25) is 9.59 Å². The number of halogens is 3. The molecule has 0 saturated heterocycles. The molecule has 0 spiro atoms. The molecule has 0 fully saturated rings. The Morgan fingerprint density at radius 2 is 1.81 bits per heavy atom. The number of rotatable bonds is 4. The van der Waals surface area contributed by atoms with Gasteiger partial charge in [0, 0.05) is 16.6 Å². The minimum atomic E-state index is -4.68. The number of alkyl halides is 3. The van der Waals surface area contributed by atoms with Gasteiger partial charge in [-0.1, -0.05) is 6.07 Å². The second-order valence-corrected chi connectivity index (χ2v) is 8.40. The molecule has 0 unspecified atom stereocenters. The lowest BCUT2D eigenvalue weighted by molar-refractivity contribution is -0.136. The standard InChI is InChI=1S/C20H13F3N4O2S2/c21-20(22,23)11-8-12(13-2-1-7-30-13)27-19-14(11)15(24)16(31-19)18(29)26-10-5-3-9(4-6-10)17(25)28/h1-8H,24H2,(H2,25,28)(H,26,29). The molecule has 0 atom stereocenters. The van der Waals surface area contributed by atoms with Crippen molar-refractivity contribution in [2.24, 2.45) is 5.73 Å². The third kappa shape index (κ3) is 3.97. The van der Waals surface area contributed by atoms with E-state index >= 15 is 0 Å². The van der Waals surface area contributed by atoms with Gasteiger partial charge in [-0.05, 0) is 41.8 Å². The normalized spacial score (nSPS) is 11.6. The van der Waals surface area contributed by atoms with E-state index in [2.05, 4.69) is 10.3 Å². The fourth-order valence-electron chi connectivity index (χ4n) is 2.97. The van der Waals surface area contributed by atoms with Gasteiger partial charge in [0.05, 0.1) is 21.8 Å². The maximum Gasteiger partial charge on any atom is 0.417 e. The molecule has 1 aromatic carbocycles. The summed E-state index contributed by atoms with van der Waals surface area (Å²) in [6, 6.07) is 10.1. The van der Waals surface area contributed by atoms with Gasteiger partial charge in [0.25, 0.3) is 5.91 Å². The molecule has 5 N–H and O–H groups in total. The Balaban J connectivity index is 1.77. The largest absolute Gasteiger partial charge is 0.417 e. The third-order valence-electron chi connectivity index (χ3n) is 4.41. The second-order valence-electron chi connectivity index (χ2n) is 6.45. The van der Waals surface area contributed by atoms with Crippen LogP contribution in [0.25, 0.3) is 20.8 Å². The van der Waals surface area contributed by atoms with Crippen molar-refractivity contribution < 1.29 is 22.8 Å². The number of carbonyl (C=O) groups excluding carboxylic acids is 2. The lowest BCUT2D eigenvalue weighted by atomic mass is 10.1. The van der Waals surface area contributed by atoms with E-state index < -0.39 is 23.6 Å². The van der Waals surface area contributed by atoms with Crippen molar-refractivity contribution in [2.45, 2.75) is 6.18 Å².